The van der Waals surface area contributed by atoms with Crippen molar-refractivity contribution in [3.63, 3.8) is 0 Å². The van der Waals surface area contributed by atoms with Gasteiger partial charge in [0.15, 0.2) is 0 Å². The van der Waals surface area contributed by atoms with Crippen molar-refractivity contribution >= 4 is 34.7 Å². The normalized spacial score (nSPS) is 10.0. The molecular weight excluding hydrogens is 292 g/mol. The molecule has 1 aromatic carbocycles. The Kier molecular flexibility index (Phi) is 5.68. The largest absolute Gasteiger partial charge is 0.340 e. The van der Waals surface area contributed by atoms with Crippen molar-refractivity contribution in [3.05, 3.63) is 42.6 Å². The van der Waals surface area contributed by atoms with Crippen molar-refractivity contribution in [2.45, 2.75) is 26.7 Å². The van der Waals surface area contributed by atoms with Gasteiger partial charge in [-0.15, -0.1) is 0 Å². The van der Waals surface area contributed by atoms with E-state index in [0.29, 0.717) is 23.6 Å². The summed E-state index contributed by atoms with van der Waals surface area (Å²) in [6.45, 7) is 3.42. The molecule has 0 atom stereocenters. The Morgan fingerprint density at radius 2 is 1.83 bits per heavy atom. The molecule has 0 aliphatic rings. The maximum atomic E-state index is 11.5. The minimum absolute atomic E-state index is 0.0157. The van der Waals surface area contributed by atoms with E-state index in [1.165, 1.54) is 6.92 Å². The van der Waals surface area contributed by atoms with Crippen LogP contribution in [0.3, 0.4) is 0 Å². The van der Waals surface area contributed by atoms with Gasteiger partial charge in [0.05, 0.1) is 11.9 Å². The van der Waals surface area contributed by atoms with Crippen LogP contribution >= 0.6 is 0 Å². The lowest BCUT2D eigenvalue weighted by molar-refractivity contribution is -0.116. The number of rotatable bonds is 6. The van der Waals surface area contributed by atoms with Crippen LogP contribution in [0.15, 0.2) is 42.6 Å². The minimum Gasteiger partial charge on any atom is -0.340 e. The van der Waals surface area contributed by atoms with Gasteiger partial charge in [0.1, 0.15) is 5.82 Å². The molecule has 0 radical (unpaired) electrons. The number of nitrogens with zero attached hydrogens (tertiary/aromatic N) is 1. The zero-order valence-electron chi connectivity index (χ0n) is 13.2. The molecule has 0 fully saturated rings. The number of nitrogens with one attached hydrogen (secondary N) is 3. The molecule has 0 aliphatic carbocycles. The molecule has 0 spiro atoms. The third-order valence-electron chi connectivity index (χ3n) is 2.98. The van der Waals surface area contributed by atoms with Crippen molar-refractivity contribution in [2.75, 3.05) is 16.0 Å². The fraction of sp³-hybridized carbons (Fsp3) is 0.235. The lowest BCUT2D eigenvalue weighted by atomic mass is 10.2. The van der Waals surface area contributed by atoms with Gasteiger partial charge < -0.3 is 16.0 Å². The highest BCUT2D eigenvalue weighted by molar-refractivity contribution is 5.90. The molecule has 0 unspecified atom stereocenters. The smallest absolute Gasteiger partial charge is 0.224 e. The van der Waals surface area contributed by atoms with Gasteiger partial charge in [0, 0.05) is 24.7 Å². The summed E-state index contributed by atoms with van der Waals surface area (Å²) in [6, 6.07) is 10.9. The number of amides is 2. The summed E-state index contributed by atoms with van der Waals surface area (Å²) in [6.07, 6.45) is 2.91. The molecule has 2 aromatic rings. The van der Waals surface area contributed by atoms with Crippen LogP contribution in [-0.4, -0.2) is 16.8 Å². The average molecular weight is 312 g/mol. The van der Waals surface area contributed by atoms with Crippen molar-refractivity contribution in [1.29, 1.82) is 0 Å². The van der Waals surface area contributed by atoms with Gasteiger partial charge in [-0.2, -0.15) is 0 Å². The van der Waals surface area contributed by atoms with Gasteiger partial charge in [-0.25, -0.2) is 4.98 Å². The molecule has 0 bridgehead atoms. The van der Waals surface area contributed by atoms with Gasteiger partial charge in [-0.05, 0) is 36.8 Å². The first-order chi connectivity index (χ1) is 11.1. The standard InChI is InChI=1S/C17H20N4O2/c1-3-5-17(23)21-15-8-9-16(18-11-15)20-14-7-4-6-13(10-14)19-12(2)22/h4,6-11H,3,5H2,1-2H3,(H,18,20)(H,19,22)(H,21,23). The number of carbonyl (C=O) groups excluding carboxylic acids is 2. The molecule has 23 heavy (non-hydrogen) atoms. The summed E-state index contributed by atoms with van der Waals surface area (Å²) >= 11 is 0. The Morgan fingerprint density at radius 3 is 2.48 bits per heavy atom. The molecule has 1 aromatic heterocycles. The van der Waals surface area contributed by atoms with Crippen molar-refractivity contribution in [1.82, 2.24) is 4.98 Å². The third-order valence-corrected chi connectivity index (χ3v) is 2.98. The highest BCUT2D eigenvalue weighted by Crippen LogP contribution is 2.19. The summed E-state index contributed by atoms with van der Waals surface area (Å²) < 4.78 is 0. The average Bonchev–Trinajstić information content (AvgIpc) is 2.49. The van der Waals surface area contributed by atoms with E-state index < -0.39 is 0 Å². The zero-order chi connectivity index (χ0) is 16.7. The van der Waals surface area contributed by atoms with E-state index in [1.807, 2.05) is 31.2 Å². The Hall–Kier alpha value is -2.89. The Balaban J connectivity index is 2.00. The van der Waals surface area contributed by atoms with E-state index in [9.17, 15) is 9.59 Å². The zero-order valence-corrected chi connectivity index (χ0v) is 13.2. The fourth-order valence-corrected chi connectivity index (χ4v) is 2.02. The number of benzene rings is 1. The number of pyridine rings is 1. The monoisotopic (exact) mass is 312 g/mol. The lowest BCUT2D eigenvalue weighted by Gasteiger charge is -2.09. The number of aromatic nitrogens is 1. The van der Waals surface area contributed by atoms with Crippen LogP contribution < -0.4 is 16.0 Å². The second-order valence-corrected chi connectivity index (χ2v) is 5.12. The SMILES string of the molecule is CCCC(=O)Nc1ccc(Nc2cccc(NC(C)=O)c2)nc1. The Morgan fingerprint density at radius 1 is 1.04 bits per heavy atom. The Labute approximate surface area is 135 Å². The molecule has 3 N–H and O–H groups in total. The maximum absolute atomic E-state index is 11.5. The van der Waals surface area contributed by atoms with E-state index >= 15 is 0 Å². The molecule has 0 aliphatic heterocycles. The van der Waals surface area contributed by atoms with Gasteiger partial charge >= 0.3 is 0 Å². The molecule has 2 amide bonds. The van der Waals surface area contributed by atoms with Crippen LogP contribution in [0.2, 0.25) is 0 Å². The lowest BCUT2D eigenvalue weighted by Crippen LogP contribution is -2.10. The van der Waals surface area contributed by atoms with Crippen molar-refractivity contribution < 1.29 is 9.59 Å². The fourth-order valence-electron chi connectivity index (χ4n) is 2.02. The minimum atomic E-state index is -0.118. The summed E-state index contributed by atoms with van der Waals surface area (Å²) in [7, 11) is 0. The number of anilines is 4. The molecule has 6 nitrogen and oxygen atoms in total. The van der Waals surface area contributed by atoms with E-state index in [0.717, 1.165) is 12.1 Å². The third kappa shape index (κ3) is 5.43. The molecule has 0 saturated heterocycles. The first-order valence-electron chi connectivity index (χ1n) is 7.47. The van der Waals surface area contributed by atoms with Crippen molar-refractivity contribution in [2.24, 2.45) is 0 Å². The van der Waals surface area contributed by atoms with Crippen molar-refractivity contribution in [3.8, 4) is 0 Å². The molecular formula is C17H20N4O2. The molecule has 2 rings (SSSR count). The van der Waals surface area contributed by atoms with E-state index in [-0.39, 0.29) is 11.8 Å². The van der Waals surface area contributed by atoms with E-state index in [4.69, 9.17) is 0 Å². The predicted octanol–water partition coefficient (Wildman–Crippen LogP) is 3.52. The summed E-state index contributed by atoms with van der Waals surface area (Å²) in [5.41, 5.74) is 2.19. The molecule has 120 valence electrons. The Bertz CT molecular complexity index is 683. The highest BCUT2D eigenvalue weighted by Gasteiger charge is 2.02. The van der Waals surface area contributed by atoms with Gasteiger partial charge in [0.25, 0.3) is 0 Å². The van der Waals surface area contributed by atoms with Crippen LogP contribution in [0.25, 0.3) is 0 Å². The second kappa shape index (κ2) is 7.93. The number of hydrogen-bond donors (Lipinski definition) is 3. The molecule has 1 heterocycles. The number of hydrogen-bond acceptors (Lipinski definition) is 4. The van der Waals surface area contributed by atoms with Crippen LogP contribution in [0.5, 0.6) is 0 Å². The topological polar surface area (TPSA) is 83.1 Å². The first kappa shape index (κ1) is 16.5. The second-order valence-electron chi connectivity index (χ2n) is 5.12. The molecule has 0 saturated carbocycles. The van der Waals surface area contributed by atoms with Crippen LogP contribution in [-0.2, 0) is 9.59 Å². The summed E-state index contributed by atoms with van der Waals surface area (Å²) in [5.74, 6) is 0.518. The summed E-state index contributed by atoms with van der Waals surface area (Å²) in [5, 5.41) is 8.66. The van der Waals surface area contributed by atoms with Crippen LogP contribution in [0.1, 0.15) is 26.7 Å². The summed E-state index contributed by atoms with van der Waals surface area (Å²) in [4.78, 5) is 26.9. The predicted molar refractivity (Wildman–Crippen MR) is 91.8 cm³/mol. The van der Waals surface area contributed by atoms with Crippen LogP contribution in [0, 0.1) is 0 Å². The molecule has 6 heteroatoms. The van der Waals surface area contributed by atoms with E-state index in [1.54, 1.807) is 18.3 Å². The maximum Gasteiger partial charge on any atom is 0.224 e. The van der Waals surface area contributed by atoms with Gasteiger partial charge in [0.2, 0.25) is 11.8 Å². The number of carbonyl (C=O) groups is 2. The van der Waals surface area contributed by atoms with Crippen LogP contribution in [0.4, 0.5) is 22.9 Å². The first-order valence-corrected chi connectivity index (χ1v) is 7.47. The highest BCUT2D eigenvalue weighted by atomic mass is 16.2. The van der Waals surface area contributed by atoms with E-state index in [2.05, 4.69) is 20.9 Å². The van der Waals surface area contributed by atoms with Gasteiger partial charge in [-0.1, -0.05) is 13.0 Å². The quantitative estimate of drug-likeness (QED) is 0.762. The van der Waals surface area contributed by atoms with Gasteiger partial charge in [-0.3, -0.25) is 9.59 Å².